The molecule has 0 amide bonds. The molecule has 0 heterocycles. The maximum atomic E-state index is 12.6. The van der Waals surface area contributed by atoms with E-state index >= 15 is 0 Å². The highest BCUT2D eigenvalue weighted by Gasteiger charge is 2.29. The first-order valence-electron chi connectivity index (χ1n) is 3.65. The molecule has 3 unspecified atom stereocenters. The molecule has 0 aliphatic heterocycles. The highest BCUT2D eigenvalue weighted by atomic mass is 31.1. The molecule has 1 fully saturated rings. The van der Waals surface area contributed by atoms with Gasteiger partial charge in [0.25, 0.3) is 0 Å². The zero-order valence-corrected chi connectivity index (χ0v) is 6.97. The number of alkyl halides is 1. The lowest BCUT2D eigenvalue weighted by Gasteiger charge is -2.18. The monoisotopic (exact) mass is 181 g/mol. The lowest BCUT2D eigenvalue weighted by Crippen LogP contribution is -2.21. The maximum absolute atomic E-state index is 12.6. The van der Waals surface area contributed by atoms with Crippen molar-refractivity contribution >= 4 is 8.25 Å². The summed E-state index contributed by atoms with van der Waals surface area (Å²) in [6.07, 6.45) is 1.05. The normalized spacial score (nSPS) is 33.5. The lowest BCUT2D eigenvalue weighted by molar-refractivity contribution is 0.0993. The minimum Gasteiger partial charge on any atom is -0.247 e. The zero-order chi connectivity index (χ0) is 8.27. The molecule has 64 valence electrons. The van der Waals surface area contributed by atoms with Crippen molar-refractivity contribution in [3.63, 3.8) is 0 Å². The van der Waals surface area contributed by atoms with Crippen LogP contribution in [0.25, 0.3) is 0 Å². The van der Waals surface area contributed by atoms with Gasteiger partial charge in [0.1, 0.15) is 12.3 Å². The van der Waals surface area contributed by atoms with Crippen molar-refractivity contribution in [2.45, 2.75) is 38.0 Å². The molecule has 0 aromatic rings. The predicted octanol–water partition coefficient (Wildman–Crippen LogP) is 1.93. The molecule has 1 rings (SSSR count). The Bertz CT molecular complexity index is 153. The molecule has 0 bridgehead atoms. The molecule has 11 heavy (non-hydrogen) atoms. The Morgan fingerprint density at radius 1 is 1.55 bits per heavy atom. The van der Waals surface area contributed by atoms with Crippen molar-refractivity contribution in [3.8, 4) is 0 Å². The maximum Gasteiger partial charge on any atom is 0.694 e. The summed E-state index contributed by atoms with van der Waals surface area (Å²) in [6.45, 7) is 0. The summed E-state index contributed by atoms with van der Waals surface area (Å²) in [5, 5.41) is 0. The van der Waals surface area contributed by atoms with Crippen LogP contribution in [0.5, 0.6) is 0 Å². The summed E-state index contributed by atoms with van der Waals surface area (Å²) in [5.41, 5.74) is 0. The Morgan fingerprint density at radius 3 is 2.82 bits per heavy atom. The van der Waals surface area contributed by atoms with Crippen molar-refractivity contribution in [3.05, 3.63) is 0 Å². The molecule has 0 saturated heterocycles. The summed E-state index contributed by atoms with van der Waals surface area (Å²) in [7, 11) is -2.56. The van der Waals surface area contributed by atoms with E-state index in [0.717, 1.165) is 6.42 Å². The van der Waals surface area contributed by atoms with Gasteiger partial charge in [-0.1, -0.05) is 0 Å². The number of rotatable bonds is 2. The van der Waals surface area contributed by atoms with Crippen molar-refractivity contribution in [1.82, 2.24) is 0 Å². The number of halogens is 1. The average molecular weight is 181 g/mol. The fourth-order valence-electron chi connectivity index (χ4n) is 1.31. The van der Waals surface area contributed by atoms with Gasteiger partial charge in [0.15, 0.2) is 0 Å². The summed E-state index contributed by atoms with van der Waals surface area (Å²) in [6, 6.07) is 0. The smallest absolute Gasteiger partial charge is 0.247 e. The van der Waals surface area contributed by atoms with E-state index in [1.165, 1.54) is 0 Å². The molecule has 3 atom stereocenters. The molecular formula is C6H11FO3P+. The quantitative estimate of drug-likeness (QED) is 0.662. The van der Waals surface area contributed by atoms with Crippen LogP contribution in [0.4, 0.5) is 4.39 Å². The molecule has 1 aliphatic rings. The number of hydrogen-bond donors (Lipinski definition) is 1. The SMILES string of the molecule is O=[P+](O)OC1CCCC(F)C1. The van der Waals surface area contributed by atoms with Gasteiger partial charge in [-0.3, -0.25) is 0 Å². The Hall–Kier alpha value is -0.0500. The van der Waals surface area contributed by atoms with E-state index in [1.807, 2.05) is 0 Å². The first kappa shape index (κ1) is 9.04. The summed E-state index contributed by atoms with van der Waals surface area (Å²) >= 11 is 0. The lowest BCUT2D eigenvalue weighted by atomic mass is 9.96. The van der Waals surface area contributed by atoms with Gasteiger partial charge < -0.3 is 0 Å². The minimum atomic E-state index is -2.56. The molecule has 3 nitrogen and oxygen atoms in total. The standard InChI is InChI=1S/C6H10FO3P/c7-5-2-1-3-6(4-5)10-11(8)9/h5-6H,1-4H2/p+1. The fourth-order valence-corrected chi connectivity index (χ4v) is 1.76. The second-order valence-electron chi connectivity index (χ2n) is 2.73. The third kappa shape index (κ3) is 3.23. The first-order chi connectivity index (χ1) is 5.18. The summed E-state index contributed by atoms with van der Waals surface area (Å²) < 4.78 is 27.4. The van der Waals surface area contributed by atoms with Gasteiger partial charge in [-0.05, 0) is 19.3 Å². The highest BCUT2D eigenvalue weighted by Crippen LogP contribution is 2.29. The second kappa shape index (κ2) is 4.10. The van der Waals surface area contributed by atoms with E-state index in [4.69, 9.17) is 4.89 Å². The van der Waals surface area contributed by atoms with Crippen LogP contribution in [0.3, 0.4) is 0 Å². The summed E-state index contributed by atoms with van der Waals surface area (Å²) in [4.78, 5) is 8.36. The largest absolute Gasteiger partial charge is 0.694 e. The van der Waals surface area contributed by atoms with Crippen LogP contribution in [-0.4, -0.2) is 17.2 Å². The third-order valence-electron chi connectivity index (χ3n) is 1.80. The molecule has 0 aromatic heterocycles. The van der Waals surface area contributed by atoms with Crippen LogP contribution in [0.15, 0.2) is 0 Å². The highest BCUT2D eigenvalue weighted by molar-refractivity contribution is 7.32. The predicted molar refractivity (Wildman–Crippen MR) is 38.1 cm³/mol. The Balaban J connectivity index is 2.28. The van der Waals surface area contributed by atoms with Gasteiger partial charge in [0, 0.05) is 11.0 Å². The molecule has 0 radical (unpaired) electrons. The van der Waals surface area contributed by atoms with Gasteiger partial charge in [-0.2, -0.15) is 0 Å². The Labute approximate surface area is 65.5 Å². The van der Waals surface area contributed by atoms with Crippen LogP contribution >= 0.6 is 8.25 Å². The van der Waals surface area contributed by atoms with E-state index in [-0.39, 0.29) is 12.5 Å². The Kier molecular flexibility index (Phi) is 3.37. The molecule has 1 aliphatic carbocycles. The second-order valence-corrected chi connectivity index (χ2v) is 3.42. The molecule has 1 N–H and O–H groups in total. The minimum absolute atomic E-state index is 0.266. The number of hydrogen-bond acceptors (Lipinski definition) is 2. The van der Waals surface area contributed by atoms with Gasteiger partial charge in [0.2, 0.25) is 0 Å². The average Bonchev–Trinajstić information content (AvgIpc) is 1.85. The molecule has 0 spiro atoms. The summed E-state index contributed by atoms with van der Waals surface area (Å²) in [5.74, 6) is 0. The first-order valence-corrected chi connectivity index (χ1v) is 4.78. The van der Waals surface area contributed by atoms with Crippen LogP contribution in [0, 0.1) is 0 Å². The van der Waals surface area contributed by atoms with Crippen molar-refractivity contribution in [1.29, 1.82) is 0 Å². The van der Waals surface area contributed by atoms with E-state index in [0.29, 0.717) is 12.8 Å². The van der Waals surface area contributed by atoms with Crippen LogP contribution in [0.2, 0.25) is 0 Å². The van der Waals surface area contributed by atoms with Gasteiger partial charge >= 0.3 is 8.25 Å². The molecule has 1 saturated carbocycles. The van der Waals surface area contributed by atoms with Crippen LogP contribution in [0.1, 0.15) is 25.7 Å². The van der Waals surface area contributed by atoms with Crippen molar-refractivity contribution in [2.24, 2.45) is 0 Å². The molecule has 0 aromatic carbocycles. The van der Waals surface area contributed by atoms with Gasteiger partial charge in [-0.15, -0.1) is 9.42 Å². The van der Waals surface area contributed by atoms with Gasteiger partial charge in [-0.25, -0.2) is 4.39 Å². The van der Waals surface area contributed by atoms with Gasteiger partial charge in [0.05, 0.1) is 0 Å². The van der Waals surface area contributed by atoms with Crippen LogP contribution in [-0.2, 0) is 9.09 Å². The molecule has 5 heteroatoms. The topological polar surface area (TPSA) is 46.5 Å². The third-order valence-corrected chi connectivity index (χ3v) is 2.28. The van der Waals surface area contributed by atoms with Crippen molar-refractivity contribution < 1.29 is 18.4 Å². The van der Waals surface area contributed by atoms with E-state index < -0.39 is 14.4 Å². The van der Waals surface area contributed by atoms with E-state index in [2.05, 4.69) is 4.52 Å². The molecular weight excluding hydrogens is 170 g/mol. The fraction of sp³-hybridized carbons (Fsp3) is 1.00. The van der Waals surface area contributed by atoms with Crippen molar-refractivity contribution in [2.75, 3.05) is 0 Å². The Morgan fingerprint density at radius 2 is 2.27 bits per heavy atom. The van der Waals surface area contributed by atoms with E-state index in [1.54, 1.807) is 0 Å². The van der Waals surface area contributed by atoms with Crippen LogP contribution < -0.4 is 0 Å². The van der Waals surface area contributed by atoms with E-state index in [9.17, 15) is 8.96 Å². The zero-order valence-electron chi connectivity index (χ0n) is 6.07.